The van der Waals surface area contributed by atoms with Crippen LogP contribution in [0.1, 0.15) is 18.1 Å². The van der Waals surface area contributed by atoms with Gasteiger partial charge in [-0.25, -0.2) is 0 Å². The summed E-state index contributed by atoms with van der Waals surface area (Å²) in [6.45, 7) is 3.29. The van der Waals surface area contributed by atoms with Gasteiger partial charge in [0, 0.05) is 6.07 Å². The van der Waals surface area contributed by atoms with Gasteiger partial charge in [-0.15, -0.1) is 4.73 Å². The standard InChI is InChI=1S/C14H12Cl2N2O3/c1-7-5-12(19)18(21)14(20)13(7)8(2)17-9-3-4-10(15)11(16)6-9/h3-6,20-21H,1-2H3. The van der Waals surface area contributed by atoms with Crippen LogP contribution in [-0.4, -0.2) is 20.8 Å². The topological polar surface area (TPSA) is 74.8 Å². The Bertz CT molecular complexity index is 798. The second kappa shape index (κ2) is 5.79. The maximum Gasteiger partial charge on any atom is 0.286 e. The smallest absolute Gasteiger partial charge is 0.286 e. The Kier molecular flexibility index (Phi) is 4.25. The van der Waals surface area contributed by atoms with Crippen LogP contribution >= 0.6 is 23.2 Å². The van der Waals surface area contributed by atoms with Crippen molar-refractivity contribution in [3.8, 4) is 5.88 Å². The summed E-state index contributed by atoms with van der Waals surface area (Å²) in [5, 5.41) is 20.1. The Balaban J connectivity index is 2.56. The van der Waals surface area contributed by atoms with Crippen LogP contribution in [0, 0.1) is 6.92 Å². The van der Waals surface area contributed by atoms with Crippen LogP contribution in [0.3, 0.4) is 0 Å². The van der Waals surface area contributed by atoms with E-state index in [0.717, 1.165) is 0 Å². The van der Waals surface area contributed by atoms with Gasteiger partial charge in [-0.05, 0) is 37.6 Å². The number of nitrogens with zero attached hydrogens (tertiary/aromatic N) is 2. The Morgan fingerprint density at radius 1 is 1.24 bits per heavy atom. The minimum Gasteiger partial charge on any atom is -0.492 e. The maximum absolute atomic E-state index is 11.4. The fourth-order valence-corrected chi connectivity index (χ4v) is 2.25. The second-order valence-electron chi connectivity index (χ2n) is 4.47. The van der Waals surface area contributed by atoms with Crippen LogP contribution in [-0.2, 0) is 0 Å². The third-order valence-corrected chi connectivity index (χ3v) is 3.67. The Morgan fingerprint density at radius 2 is 1.90 bits per heavy atom. The molecule has 0 bridgehead atoms. The molecule has 2 N–H and O–H groups in total. The highest BCUT2D eigenvalue weighted by atomic mass is 35.5. The number of aromatic hydroxyl groups is 1. The lowest BCUT2D eigenvalue weighted by molar-refractivity contribution is 0.143. The van der Waals surface area contributed by atoms with E-state index in [9.17, 15) is 15.1 Å². The Hall–Kier alpha value is -1.98. The van der Waals surface area contributed by atoms with E-state index in [1.165, 1.54) is 6.07 Å². The largest absolute Gasteiger partial charge is 0.492 e. The van der Waals surface area contributed by atoms with Crippen LogP contribution in [0.5, 0.6) is 5.88 Å². The molecule has 0 atom stereocenters. The number of hydrogen-bond acceptors (Lipinski definition) is 4. The van der Waals surface area contributed by atoms with Crippen molar-refractivity contribution in [3.05, 3.63) is 55.8 Å². The lowest BCUT2D eigenvalue weighted by atomic mass is 10.1. The van der Waals surface area contributed by atoms with E-state index in [-0.39, 0.29) is 10.3 Å². The highest BCUT2D eigenvalue weighted by Gasteiger charge is 2.15. The first-order valence-corrected chi connectivity index (χ1v) is 6.72. The molecule has 0 fully saturated rings. The van der Waals surface area contributed by atoms with Crippen molar-refractivity contribution in [1.82, 2.24) is 4.73 Å². The quantitative estimate of drug-likeness (QED) is 0.654. The first-order valence-electron chi connectivity index (χ1n) is 5.97. The number of aliphatic imine (C=N–C) groups is 1. The molecule has 0 amide bonds. The van der Waals surface area contributed by atoms with E-state index in [1.807, 2.05) is 0 Å². The maximum atomic E-state index is 11.4. The summed E-state index contributed by atoms with van der Waals surface area (Å²) in [5.74, 6) is -0.554. The van der Waals surface area contributed by atoms with E-state index in [4.69, 9.17) is 23.2 Å². The van der Waals surface area contributed by atoms with Gasteiger partial charge in [0.2, 0.25) is 5.88 Å². The molecule has 0 aliphatic rings. The summed E-state index contributed by atoms with van der Waals surface area (Å²) in [4.78, 5) is 15.7. The molecule has 0 saturated heterocycles. The molecular formula is C14H12Cl2N2O3. The zero-order chi connectivity index (χ0) is 15.7. The SMILES string of the molecule is CC(=Nc1ccc(Cl)c(Cl)c1)c1c(C)cc(=O)n(O)c1O. The fourth-order valence-electron chi connectivity index (χ4n) is 1.96. The van der Waals surface area contributed by atoms with Crippen LogP contribution in [0.25, 0.3) is 0 Å². The van der Waals surface area contributed by atoms with Gasteiger partial charge in [0.05, 0.1) is 27.0 Å². The number of hydrogen-bond donors (Lipinski definition) is 2. The van der Waals surface area contributed by atoms with Gasteiger partial charge in [0.15, 0.2) is 0 Å². The van der Waals surface area contributed by atoms with Crippen molar-refractivity contribution < 1.29 is 10.3 Å². The number of pyridine rings is 1. The third-order valence-electron chi connectivity index (χ3n) is 2.93. The molecule has 0 spiro atoms. The van der Waals surface area contributed by atoms with Gasteiger partial charge in [0.25, 0.3) is 5.56 Å². The third kappa shape index (κ3) is 3.04. The summed E-state index contributed by atoms with van der Waals surface area (Å²) in [6, 6.07) is 6.06. The summed E-state index contributed by atoms with van der Waals surface area (Å²) in [5.41, 5.74) is 1.03. The van der Waals surface area contributed by atoms with Crippen molar-refractivity contribution >= 4 is 34.6 Å². The number of aryl methyl sites for hydroxylation is 1. The minimum absolute atomic E-state index is 0.177. The van der Waals surface area contributed by atoms with Crippen LogP contribution in [0.4, 0.5) is 5.69 Å². The van der Waals surface area contributed by atoms with Crippen molar-refractivity contribution in [2.45, 2.75) is 13.8 Å². The number of rotatable bonds is 2. The van der Waals surface area contributed by atoms with Gasteiger partial charge in [0.1, 0.15) is 0 Å². The van der Waals surface area contributed by atoms with Gasteiger partial charge < -0.3 is 10.3 Å². The predicted molar refractivity (Wildman–Crippen MR) is 82.6 cm³/mol. The Morgan fingerprint density at radius 3 is 2.52 bits per heavy atom. The van der Waals surface area contributed by atoms with Gasteiger partial charge in [-0.3, -0.25) is 9.79 Å². The van der Waals surface area contributed by atoms with Gasteiger partial charge in [-0.1, -0.05) is 23.2 Å². The zero-order valence-corrected chi connectivity index (χ0v) is 12.8. The highest BCUT2D eigenvalue weighted by molar-refractivity contribution is 6.42. The average Bonchev–Trinajstić information content (AvgIpc) is 2.40. The first-order chi connectivity index (χ1) is 9.81. The molecule has 7 heteroatoms. The number of aromatic nitrogens is 1. The van der Waals surface area contributed by atoms with Crippen LogP contribution < -0.4 is 5.56 Å². The summed E-state index contributed by atoms with van der Waals surface area (Å²) in [7, 11) is 0. The molecule has 0 aliphatic carbocycles. The van der Waals surface area contributed by atoms with Crippen LogP contribution in [0.15, 0.2) is 34.1 Å². The molecule has 21 heavy (non-hydrogen) atoms. The molecule has 1 aromatic heterocycles. The molecule has 0 saturated carbocycles. The number of halogens is 2. The molecule has 2 rings (SSSR count). The predicted octanol–water partition coefficient (Wildman–Crippen LogP) is 3.55. The van der Waals surface area contributed by atoms with Gasteiger partial charge >= 0.3 is 0 Å². The molecular weight excluding hydrogens is 315 g/mol. The minimum atomic E-state index is -0.712. The molecule has 2 aromatic rings. The normalized spacial score (nSPS) is 11.7. The molecule has 5 nitrogen and oxygen atoms in total. The average molecular weight is 327 g/mol. The monoisotopic (exact) mass is 326 g/mol. The summed E-state index contributed by atoms with van der Waals surface area (Å²) < 4.78 is 0.177. The summed E-state index contributed by atoms with van der Waals surface area (Å²) in [6.07, 6.45) is 0. The molecule has 1 aromatic carbocycles. The molecule has 110 valence electrons. The molecule has 0 radical (unpaired) electrons. The van der Waals surface area contributed by atoms with E-state index in [1.54, 1.807) is 32.0 Å². The lowest BCUT2D eigenvalue weighted by Crippen LogP contribution is -2.20. The Labute approximate surface area is 130 Å². The fraction of sp³-hybridized carbons (Fsp3) is 0.143. The molecule has 0 unspecified atom stereocenters. The molecule has 0 aliphatic heterocycles. The summed E-state index contributed by atoms with van der Waals surface area (Å²) >= 11 is 11.7. The van der Waals surface area contributed by atoms with E-state index >= 15 is 0 Å². The lowest BCUT2D eigenvalue weighted by Gasteiger charge is -2.10. The van der Waals surface area contributed by atoms with Crippen LogP contribution in [0.2, 0.25) is 10.0 Å². The zero-order valence-electron chi connectivity index (χ0n) is 11.3. The van der Waals surface area contributed by atoms with Gasteiger partial charge in [-0.2, -0.15) is 0 Å². The van der Waals surface area contributed by atoms with Crippen molar-refractivity contribution in [2.24, 2.45) is 4.99 Å². The van der Waals surface area contributed by atoms with E-state index in [2.05, 4.69) is 4.99 Å². The molecule has 1 heterocycles. The van der Waals surface area contributed by atoms with E-state index in [0.29, 0.717) is 27.0 Å². The van der Waals surface area contributed by atoms with Crippen molar-refractivity contribution in [1.29, 1.82) is 0 Å². The second-order valence-corrected chi connectivity index (χ2v) is 5.29. The first kappa shape index (κ1) is 15.4. The highest BCUT2D eigenvalue weighted by Crippen LogP contribution is 2.28. The van der Waals surface area contributed by atoms with Crippen molar-refractivity contribution in [3.63, 3.8) is 0 Å². The number of benzene rings is 1. The van der Waals surface area contributed by atoms with Crippen molar-refractivity contribution in [2.75, 3.05) is 0 Å². The van der Waals surface area contributed by atoms with E-state index < -0.39 is 11.4 Å².